The number of hydrogen-bond acceptors (Lipinski definition) is 3. The van der Waals surface area contributed by atoms with Crippen LogP contribution < -0.4 is 0 Å². The van der Waals surface area contributed by atoms with Gasteiger partial charge in [0.15, 0.2) is 0 Å². The van der Waals surface area contributed by atoms with Crippen LogP contribution in [0.1, 0.15) is 73.1 Å². The van der Waals surface area contributed by atoms with Crippen molar-refractivity contribution in [1.29, 1.82) is 0 Å². The van der Waals surface area contributed by atoms with Gasteiger partial charge in [-0.3, -0.25) is 9.59 Å². The predicted molar refractivity (Wildman–Crippen MR) is 107 cm³/mol. The minimum atomic E-state index is -0.582. The summed E-state index contributed by atoms with van der Waals surface area (Å²) in [5.41, 5.74) is -0.414. The molecule has 4 aliphatic carbocycles. The lowest BCUT2D eigenvalue weighted by Gasteiger charge is -2.40. The Balaban J connectivity index is 1.43. The number of carbonyl (C=O) groups is 2. The van der Waals surface area contributed by atoms with Gasteiger partial charge >= 0.3 is 11.9 Å². The molecule has 0 saturated heterocycles. The van der Waals surface area contributed by atoms with Gasteiger partial charge in [-0.1, -0.05) is 13.8 Å². The molecule has 0 aliphatic heterocycles. The molecular formula is C24H38O4. The summed E-state index contributed by atoms with van der Waals surface area (Å²) in [5.74, 6) is 3.76. The lowest BCUT2D eigenvalue weighted by atomic mass is 9.64. The first kappa shape index (κ1) is 20.2. The first-order valence-electron chi connectivity index (χ1n) is 11.5. The van der Waals surface area contributed by atoms with Gasteiger partial charge in [-0.15, -0.1) is 0 Å². The van der Waals surface area contributed by atoms with Gasteiger partial charge in [0.1, 0.15) is 5.60 Å². The Labute approximate surface area is 169 Å². The largest absolute Gasteiger partial charge is 0.481 e. The monoisotopic (exact) mass is 390 g/mol. The van der Waals surface area contributed by atoms with E-state index < -0.39 is 11.6 Å². The van der Waals surface area contributed by atoms with E-state index in [4.69, 9.17) is 4.74 Å². The number of esters is 1. The van der Waals surface area contributed by atoms with Crippen LogP contribution in [-0.2, 0) is 14.3 Å². The number of hydrogen-bond donors (Lipinski definition) is 1. The Morgan fingerprint density at radius 3 is 1.71 bits per heavy atom. The zero-order valence-electron chi connectivity index (χ0n) is 18.2. The van der Waals surface area contributed by atoms with Crippen molar-refractivity contribution in [2.24, 2.45) is 59.2 Å². The highest BCUT2D eigenvalue weighted by Crippen LogP contribution is 2.60. The number of carboxylic acids is 1. The molecule has 0 aromatic heterocycles. The van der Waals surface area contributed by atoms with Gasteiger partial charge in [0, 0.05) is 0 Å². The van der Waals surface area contributed by atoms with Gasteiger partial charge < -0.3 is 9.84 Å². The molecule has 4 saturated carbocycles. The van der Waals surface area contributed by atoms with Crippen LogP contribution in [0.25, 0.3) is 0 Å². The molecule has 0 aromatic carbocycles. The van der Waals surface area contributed by atoms with E-state index in [9.17, 15) is 14.7 Å². The van der Waals surface area contributed by atoms with Gasteiger partial charge in [-0.05, 0) is 107 Å². The van der Waals surface area contributed by atoms with Crippen molar-refractivity contribution in [1.82, 2.24) is 0 Å². The first-order valence-corrected chi connectivity index (χ1v) is 11.5. The molecule has 10 unspecified atom stereocenters. The molecule has 0 heterocycles. The van der Waals surface area contributed by atoms with E-state index in [1.807, 2.05) is 20.8 Å². The van der Waals surface area contributed by atoms with E-state index in [1.165, 1.54) is 19.3 Å². The van der Waals surface area contributed by atoms with E-state index in [0.717, 1.165) is 19.3 Å². The molecule has 0 amide bonds. The van der Waals surface area contributed by atoms with Gasteiger partial charge in [0.05, 0.1) is 11.8 Å². The Hall–Kier alpha value is -1.06. The summed E-state index contributed by atoms with van der Waals surface area (Å²) in [5, 5.41) is 9.61. The Morgan fingerprint density at radius 2 is 1.29 bits per heavy atom. The summed E-state index contributed by atoms with van der Waals surface area (Å²) >= 11 is 0. The fraction of sp³-hybridized carbons (Fsp3) is 0.917. The molecule has 0 aromatic rings. The van der Waals surface area contributed by atoms with Crippen LogP contribution in [0.15, 0.2) is 0 Å². The maximum Gasteiger partial charge on any atom is 0.309 e. The van der Waals surface area contributed by atoms with E-state index >= 15 is 0 Å². The van der Waals surface area contributed by atoms with E-state index in [2.05, 4.69) is 13.8 Å². The summed E-state index contributed by atoms with van der Waals surface area (Å²) in [6.45, 7) is 10.6. The maximum atomic E-state index is 12.8. The second-order valence-corrected chi connectivity index (χ2v) is 11.6. The smallest absolute Gasteiger partial charge is 0.309 e. The molecule has 158 valence electrons. The number of fused-ring (bicyclic) bond motifs is 4. The fourth-order valence-electron chi connectivity index (χ4n) is 7.73. The average Bonchev–Trinajstić information content (AvgIpc) is 3.36. The minimum absolute atomic E-state index is 0.00965. The van der Waals surface area contributed by atoms with Crippen molar-refractivity contribution in [2.45, 2.75) is 78.7 Å². The third-order valence-electron chi connectivity index (χ3n) is 8.94. The molecule has 4 fully saturated rings. The quantitative estimate of drug-likeness (QED) is 0.670. The third kappa shape index (κ3) is 3.50. The Morgan fingerprint density at radius 1 is 0.821 bits per heavy atom. The second kappa shape index (κ2) is 7.02. The van der Waals surface area contributed by atoms with Gasteiger partial charge in [0.25, 0.3) is 0 Å². The molecule has 0 radical (unpaired) electrons. The molecule has 4 bridgehead atoms. The zero-order valence-corrected chi connectivity index (χ0v) is 18.2. The predicted octanol–water partition coefficient (Wildman–Crippen LogP) is 5.01. The standard InChI is InChI=1S/C24H38O4/c1-12(16-6-14-8-18(16)20(10-14)22(25)26)13(2)17-7-15-9-19(17)21(11-15)23(27)28-24(3,4)5/h12-21H,6-11H2,1-5H3,(H,25,26). The van der Waals surface area contributed by atoms with Crippen LogP contribution in [-0.4, -0.2) is 22.6 Å². The maximum absolute atomic E-state index is 12.8. The summed E-state index contributed by atoms with van der Waals surface area (Å²) in [4.78, 5) is 24.5. The highest BCUT2D eigenvalue weighted by molar-refractivity contribution is 5.74. The van der Waals surface area contributed by atoms with Crippen molar-refractivity contribution >= 4 is 11.9 Å². The molecule has 4 heteroatoms. The summed E-state index contributed by atoms with van der Waals surface area (Å²) in [7, 11) is 0. The van der Waals surface area contributed by atoms with Crippen LogP contribution in [0.5, 0.6) is 0 Å². The highest BCUT2D eigenvalue weighted by Gasteiger charge is 2.55. The molecule has 10 atom stereocenters. The van der Waals surface area contributed by atoms with Crippen molar-refractivity contribution < 1.29 is 19.4 Å². The SMILES string of the molecule is CC(C(C)C1CC2CC(C(=O)OC(C)(C)C)C1C2)C1CC2CC(C(=O)O)C1C2. The van der Waals surface area contributed by atoms with E-state index in [0.29, 0.717) is 47.3 Å². The molecule has 1 N–H and O–H groups in total. The minimum Gasteiger partial charge on any atom is -0.481 e. The number of carbonyl (C=O) groups excluding carboxylic acids is 1. The summed E-state index contributed by atoms with van der Waals surface area (Å²) < 4.78 is 5.74. The molecule has 0 spiro atoms. The van der Waals surface area contributed by atoms with Crippen LogP contribution >= 0.6 is 0 Å². The molecule has 4 nitrogen and oxygen atoms in total. The molecular weight excluding hydrogens is 352 g/mol. The number of carboxylic acid groups (broad SMARTS) is 1. The van der Waals surface area contributed by atoms with Crippen LogP contribution in [0.4, 0.5) is 0 Å². The first-order chi connectivity index (χ1) is 13.0. The van der Waals surface area contributed by atoms with Crippen LogP contribution in [0.3, 0.4) is 0 Å². The van der Waals surface area contributed by atoms with Gasteiger partial charge in [0.2, 0.25) is 0 Å². The molecule has 4 aliphatic rings. The van der Waals surface area contributed by atoms with Gasteiger partial charge in [-0.2, -0.15) is 0 Å². The third-order valence-corrected chi connectivity index (χ3v) is 8.94. The van der Waals surface area contributed by atoms with Crippen LogP contribution in [0.2, 0.25) is 0 Å². The molecule has 4 rings (SSSR count). The Bertz CT molecular complexity index is 635. The zero-order chi connectivity index (χ0) is 20.4. The summed E-state index contributed by atoms with van der Waals surface area (Å²) in [6, 6.07) is 0. The molecule has 28 heavy (non-hydrogen) atoms. The van der Waals surface area contributed by atoms with E-state index in [1.54, 1.807) is 0 Å². The van der Waals surface area contributed by atoms with Crippen LogP contribution in [0, 0.1) is 59.2 Å². The van der Waals surface area contributed by atoms with Crippen molar-refractivity contribution in [2.75, 3.05) is 0 Å². The van der Waals surface area contributed by atoms with E-state index in [-0.39, 0.29) is 17.8 Å². The number of rotatable bonds is 5. The lowest BCUT2D eigenvalue weighted by Crippen LogP contribution is -2.39. The van der Waals surface area contributed by atoms with Crippen molar-refractivity contribution in [3.05, 3.63) is 0 Å². The normalized spacial score (nSPS) is 43.9. The number of aliphatic carboxylic acids is 1. The van der Waals surface area contributed by atoms with Crippen molar-refractivity contribution in [3.8, 4) is 0 Å². The summed E-state index contributed by atoms with van der Waals surface area (Å²) in [6.07, 6.45) is 6.67. The highest BCUT2D eigenvalue weighted by atomic mass is 16.6. The fourth-order valence-corrected chi connectivity index (χ4v) is 7.73. The second-order valence-electron chi connectivity index (χ2n) is 11.6. The number of ether oxygens (including phenoxy) is 1. The topological polar surface area (TPSA) is 63.6 Å². The van der Waals surface area contributed by atoms with Gasteiger partial charge in [-0.25, -0.2) is 0 Å². The lowest BCUT2D eigenvalue weighted by molar-refractivity contribution is -0.163. The Kier molecular flexibility index (Phi) is 5.07. The average molecular weight is 391 g/mol. The van der Waals surface area contributed by atoms with Crippen molar-refractivity contribution in [3.63, 3.8) is 0 Å².